The summed E-state index contributed by atoms with van der Waals surface area (Å²) in [5.41, 5.74) is 0.995. The van der Waals surface area contributed by atoms with Gasteiger partial charge in [0.15, 0.2) is 0 Å². The minimum Gasteiger partial charge on any atom is -0.160 e. The van der Waals surface area contributed by atoms with Crippen LogP contribution in [0.1, 0.15) is 12.8 Å². The van der Waals surface area contributed by atoms with Crippen molar-refractivity contribution in [2.45, 2.75) is 12.8 Å². The fourth-order valence-corrected chi connectivity index (χ4v) is 1.49. The van der Waals surface area contributed by atoms with E-state index in [0.717, 1.165) is 18.4 Å². The zero-order chi connectivity index (χ0) is 7.40. The Morgan fingerprint density at radius 3 is 2.90 bits per heavy atom. The SMILES string of the molecule is O=[P+](O)CC1=CCCC=C1. The Morgan fingerprint density at radius 2 is 2.40 bits per heavy atom. The van der Waals surface area contributed by atoms with E-state index in [1.165, 1.54) is 0 Å². The van der Waals surface area contributed by atoms with Gasteiger partial charge in [0.1, 0.15) is 0 Å². The molecular formula is C7H10O2P+. The fourth-order valence-electron chi connectivity index (χ4n) is 0.941. The summed E-state index contributed by atoms with van der Waals surface area (Å²) in [6.45, 7) is 0. The van der Waals surface area contributed by atoms with Crippen LogP contribution in [0.15, 0.2) is 23.8 Å². The molecule has 1 atom stereocenters. The fraction of sp³-hybridized carbons (Fsp3) is 0.429. The Hall–Kier alpha value is -0.460. The molecule has 0 amide bonds. The van der Waals surface area contributed by atoms with Crippen LogP contribution in [-0.2, 0) is 4.57 Å². The minimum atomic E-state index is -1.99. The van der Waals surface area contributed by atoms with Gasteiger partial charge in [-0.2, -0.15) is 4.89 Å². The molecule has 0 spiro atoms. The lowest BCUT2D eigenvalue weighted by Crippen LogP contribution is -1.87. The highest BCUT2D eigenvalue weighted by Crippen LogP contribution is 2.21. The van der Waals surface area contributed by atoms with Gasteiger partial charge in [0.25, 0.3) is 0 Å². The summed E-state index contributed by atoms with van der Waals surface area (Å²) in [6.07, 6.45) is 8.36. The lowest BCUT2D eigenvalue weighted by molar-refractivity contribution is 0.505. The predicted molar refractivity (Wildman–Crippen MR) is 41.1 cm³/mol. The Kier molecular flexibility index (Phi) is 2.79. The van der Waals surface area contributed by atoms with Gasteiger partial charge in [-0.15, -0.1) is 0 Å². The molecule has 0 heterocycles. The van der Waals surface area contributed by atoms with Crippen molar-refractivity contribution in [1.82, 2.24) is 0 Å². The van der Waals surface area contributed by atoms with Crippen molar-refractivity contribution in [3.05, 3.63) is 23.8 Å². The van der Waals surface area contributed by atoms with Crippen molar-refractivity contribution >= 4 is 8.03 Å². The van der Waals surface area contributed by atoms with Gasteiger partial charge < -0.3 is 0 Å². The van der Waals surface area contributed by atoms with Gasteiger partial charge >= 0.3 is 8.03 Å². The standard InChI is InChI=1S/C7H9O2P/c8-10(9)6-7-4-2-1-3-5-7/h2,4-5H,1,3,6H2/p+1. The Labute approximate surface area is 61.1 Å². The van der Waals surface area contributed by atoms with Gasteiger partial charge in [0, 0.05) is 0 Å². The molecule has 0 saturated heterocycles. The molecule has 0 radical (unpaired) electrons. The predicted octanol–water partition coefficient (Wildman–Crippen LogP) is 2.00. The molecule has 0 aliphatic heterocycles. The lowest BCUT2D eigenvalue weighted by Gasteiger charge is -1.98. The topological polar surface area (TPSA) is 37.3 Å². The summed E-state index contributed by atoms with van der Waals surface area (Å²) >= 11 is 0. The van der Waals surface area contributed by atoms with Crippen molar-refractivity contribution < 1.29 is 9.46 Å². The maximum atomic E-state index is 10.3. The first-order valence-corrected chi connectivity index (χ1v) is 4.68. The number of rotatable bonds is 2. The Bertz CT molecular complexity index is 194. The van der Waals surface area contributed by atoms with E-state index in [-0.39, 0.29) is 0 Å². The van der Waals surface area contributed by atoms with E-state index < -0.39 is 8.03 Å². The van der Waals surface area contributed by atoms with E-state index in [4.69, 9.17) is 4.89 Å². The molecule has 0 aromatic heterocycles. The van der Waals surface area contributed by atoms with Crippen LogP contribution in [0, 0.1) is 0 Å². The summed E-state index contributed by atoms with van der Waals surface area (Å²) in [6, 6.07) is 0. The van der Waals surface area contributed by atoms with E-state index in [2.05, 4.69) is 0 Å². The molecule has 0 fully saturated rings. The average molecular weight is 157 g/mol. The van der Waals surface area contributed by atoms with E-state index in [9.17, 15) is 4.57 Å². The minimum absolute atomic E-state index is 0.311. The first-order chi connectivity index (χ1) is 4.79. The number of hydrogen-bond donors (Lipinski definition) is 1. The van der Waals surface area contributed by atoms with Crippen LogP contribution in [-0.4, -0.2) is 11.1 Å². The van der Waals surface area contributed by atoms with Gasteiger partial charge in [-0.1, -0.05) is 18.2 Å². The first kappa shape index (κ1) is 7.64. The van der Waals surface area contributed by atoms with E-state index >= 15 is 0 Å². The van der Waals surface area contributed by atoms with E-state index in [1.54, 1.807) is 0 Å². The molecule has 1 aliphatic rings. The molecule has 2 nitrogen and oxygen atoms in total. The monoisotopic (exact) mass is 157 g/mol. The molecule has 1 rings (SSSR count). The van der Waals surface area contributed by atoms with Gasteiger partial charge in [0.05, 0.1) is 0 Å². The zero-order valence-corrected chi connectivity index (χ0v) is 6.55. The maximum absolute atomic E-state index is 10.3. The molecule has 1 unspecified atom stereocenters. The smallest absolute Gasteiger partial charge is 0.160 e. The molecule has 0 bridgehead atoms. The van der Waals surface area contributed by atoms with Gasteiger partial charge in [-0.05, 0) is 23.0 Å². The van der Waals surface area contributed by atoms with Crippen molar-refractivity contribution in [3.63, 3.8) is 0 Å². The summed E-state index contributed by atoms with van der Waals surface area (Å²) in [7, 11) is -1.99. The van der Waals surface area contributed by atoms with Crippen molar-refractivity contribution in [3.8, 4) is 0 Å². The second-order valence-corrected chi connectivity index (χ2v) is 3.29. The van der Waals surface area contributed by atoms with E-state index in [1.807, 2.05) is 18.2 Å². The highest BCUT2D eigenvalue weighted by Gasteiger charge is 2.12. The highest BCUT2D eigenvalue weighted by atomic mass is 31.1. The van der Waals surface area contributed by atoms with Crippen LogP contribution in [0.5, 0.6) is 0 Å². The Morgan fingerprint density at radius 1 is 1.60 bits per heavy atom. The third-order valence-electron chi connectivity index (χ3n) is 1.39. The van der Waals surface area contributed by atoms with Crippen molar-refractivity contribution in [1.29, 1.82) is 0 Å². The van der Waals surface area contributed by atoms with Crippen LogP contribution in [0.25, 0.3) is 0 Å². The van der Waals surface area contributed by atoms with Crippen LogP contribution in [0.2, 0.25) is 0 Å². The van der Waals surface area contributed by atoms with Gasteiger partial charge in [-0.25, -0.2) is 0 Å². The zero-order valence-electron chi connectivity index (χ0n) is 5.66. The maximum Gasteiger partial charge on any atom is 0.510 e. The third-order valence-corrected chi connectivity index (χ3v) is 2.03. The molecule has 0 aromatic rings. The highest BCUT2D eigenvalue weighted by molar-refractivity contribution is 7.38. The quantitative estimate of drug-likeness (QED) is 0.622. The lowest BCUT2D eigenvalue weighted by atomic mass is 10.1. The third kappa shape index (κ3) is 2.42. The average Bonchev–Trinajstić information content (AvgIpc) is 1.88. The van der Waals surface area contributed by atoms with Crippen molar-refractivity contribution in [2.24, 2.45) is 0 Å². The number of allylic oxidation sites excluding steroid dienone is 4. The van der Waals surface area contributed by atoms with E-state index in [0.29, 0.717) is 6.16 Å². The first-order valence-electron chi connectivity index (χ1n) is 3.28. The molecule has 3 heteroatoms. The largest absolute Gasteiger partial charge is 0.510 e. The molecule has 54 valence electrons. The second kappa shape index (κ2) is 3.65. The van der Waals surface area contributed by atoms with Crippen molar-refractivity contribution in [2.75, 3.05) is 6.16 Å². The van der Waals surface area contributed by atoms with Crippen LogP contribution >= 0.6 is 8.03 Å². The van der Waals surface area contributed by atoms with Crippen LogP contribution in [0.4, 0.5) is 0 Å². The molecule has 10 heavy (non-hydrogen) atoms. The van der Waals surface area contributed by atoms with Gasteiger partial charge in [-0.3, -0.25) is 0 Å². The molecular weight excluding hydrogens is 147 g/mol. The van der Waals surface area contributed by atoms with Crippen LogP contribution in [0.3, 0.4) is 0 Å². The summed E-state index contributed by atoms with van der Waals surface area (Å²) < 4.78 is 10.3. The molecule has 0 saturated carbocycles. The van der Waals surface area contributed by atoms with Crippen LogP contribution < -0.4 is 0 Å². The van der Waals surface area contributed by atoms with Gasteiger partial charge in [0.2, 0.25) is 6.16 Å². The second-order valence-electron chi connectivity index (χ2n) is 2.27. The molecule has 0 aromatic carbocycles. The Balaban J connectivity index is 2.48. The number of hydrogen-bond acceptors (Lipinski definition) is 1. The summed E-state index contributed by atoms with van der Waals surface area (Å²) in [4.78, 5) is 8.54. The molecule has 1 N–H and O–H groups in total. The normalized spacial score (nSPS) is 18.5. The molecule has 1 aliphatic carbocycles. The summed E-state index contributed by atoms with van der Waals surface area (Å²) in [5.74, 6) is 0. The summed E-state index contributed by atoms with van der Waals surface area (Å²) in [5, 5.41) is 0.